The van der Waals surface area contributed by atoms with Crippen LogP contribution in [0.15, 0.2) is 21.3 Å². The highest BCUT2D eigenvalue weighted by molar-refractivity contribution is 7.98. The lowest BCUT2D eigenvalue weighted by atomic mass is 10.0. The maximum Gasteiger partial charge on any atom is 0.340 e. The van der Waals surface area contributed by atoms with Crippen molar-refractivity contribution in [1.82, 2.24) is 5.32 Å². The van der Waals surface area contributed by atoms with E-state index in [4.69, 9.17) is 4.42 Å². The molecule has 2 aromatic rings. The molecule has 0 unspecified atom stereocenters. The number of phenols is 2. The van der Waals surface area contributed by atoms with Gasteiger partial charge >= 0.3 is 5.63 Å². The van der Waals surface area contributed by atoms with Gasteiger partial charge in [0.15, 0.2) is 11.3 Å². The van der Waals surface area contributed by atoms with Gasteiger partial charge in [-0.2, -0.15) is 11.8 Å². The molecule has 9 heteroatoms. The number of thioether (sulfide) groups is 1. The Morgan fingerprint density at radius 2 is 2.04 bits per heavy atom. The maximum absolute atomic E-state index is 12.1. The van der Waals surface area contributed by atoms with Crippen molar-refractivity contribution in [3.8, 4) is 11.5 Å². The van der Waals surface area contributed by atoms with E-state index in [2.05, 4.69) is 5.32 Å². The minimum absolute atomic E-state index is 0.0383. The normalized spacial score (nSPS) is 12.1. The van der Waals surface area contributed by atoms with Crippen molar-refractivity contribution in [3.63, 3.8) is 0 Å². The molecular weight excluding hydrogens is 350 g/mol. The third kappa shape index (κ3) is 3.87. The van der Waals surface area contributed by atoms with E-state index >= 15 is 0 Å². The Morgan fingerprint density at radius 3 is 2.64 bits per heavy atom. The first kappa shape index (κ1) is 18.7. The molecule has 1 aromatic heterocycles. The molecule has 0 aliphatic rings. The fourth-order valence-corrected chi connectivity index (χ4v) is 2.93. The minimum atomic E-state index is -1.41. The smallest absolute Gasteiger partial charge is 0.340 e. The number of aromatic hydroxyl groups is 2. The van der Waals surface area contributed by atoms with E-state index in [1.54, 1.807) is 13.2 Å². The predicted molar refractivity (Wildman–Crippen MR) is 89.6 cm³/mol. The van der Waals surface area contributed by atoms with Crippen LogP contribution in [0.25, 0.3) is 11.0 Å². The van der Waals surface area contributed by atoms with Crippen LogP contribution in [0.5, 0.6) is 11.5 Å². The van der Waals surface area contributed by atoms with Crippen molar-refractivity contribution in [1.29, 1.82) is 0 Å². The van der Waals surface area contributed by atoms with Crippen molar-refractivity contribution in [2.24, 2.45) is 0 Å². The Hall–Kier alpha value is -2.68. The van der Waals surface area contributed by atoms with Crippen molar-refractivity contribution in [3.05, 3.63) is 33.7 Å². The van der Waals surface area contributed by atoms with Gasteiger partial charge in [-0.05, 0) is 30.9 Å². The average Bonchev–Trinajstić information content (AvgIpc) is 2.55. The predicted octanol–water partition coefficient (Wildman–Crippen LogP) is -0.347. The van der Waals surface area contributed by atoms with Crippen molar-refractivity contribution >= 4 is 34.6 Å². The summed E-state index contributed by atoms with van der Waals surface area (Å²) < 4.78 is 5.01. The van der Waals surface area contributed by atoms with Gasteiger partial charge in [-0.25, -0.2) is 4.79 Å². The van der Waals surface area contributed by atoms with Gasteiger partial charge in [0, 0.05) is 11.1 Å². The summed E-state index contributed by atoms with van der Waals surface area (Å²) in [5.74, 6) is -2.95. The zero-order chi connectivity index (χ0) is 18.7. The molecule has 2 rings (SSSR count). The minimum Gasteiger partial charge on any atom is -0.548 e. The number of amides is 1. The number of carboxylic acids is 1. The Labute approximate surface area is 146 Å². The number of carbonyl (C=O) groups is 2. The highest BCUT2D eigenvalue weighted by Gasteiger charge is 2.20. The van der Waals surface area contributed by atoms with Crippen LogP contribution in [-0.4, -0.2) is 40.1 Å². The van der Waals surface area contributed by atoms with Crippen molar-refractivity contribution in [2.75, 3.05) is 12.0 Å². The molecule has 0 aliphatic heterocycles. The number of fused-ring (bicyclic) bond motifs is 1. The van der Waals surface area contributed by atoms with Crippen LogP contribution in [0.4, 0.5) is 0 Å². The van der Waals surface area contributed by atoms with Gasteiger partial charge in [0.25, 0.3) is 0 Å². The summed E-state index contributed by atoms with van der Waals surface area (Å²) in [6.07, 6.45) is 1.30. The molecule has 1 heterocycles. The summed E-state index contributed by atoms with van der Waals surface area (Å²) in [5, 5.41) is 32.9. The highest BCUT2D eigenvalue weighted by atomic mass is 32.2. The lowest BCUT2D eigenvalue weighted by Crippen LogP contribution is -2.50. The van der Waals surface area contributed by atoms with E-state index < -0.39 is 35.0 Å². The van der Waals surface area contributed by atoms with Crippen molar-refractivity contribution in [2.45, 2.75) is 19.4 Å². The average molecular weight is 366 g/mol. The molecule has 0 bridgehead atoms. The molecule has 1 amide bonds. The van der Waals surface area contributed by atoms with E-state index in [1.807, 2.05) is 0 Å². The fraction of sp³-hybridized carbons (Fsp3) is 0.312. The molecule has 134 valence electrons. The number of benzene rings is 1. The van der Waals surface area contributed by atoms with Gasteiger partial charge in [0.05, 0.1) is 24.0 Å². The molecular formula is C16H16NO7S-. The Morgan fingerprint density at radius 1 is 1.36 bits per heavy atom. The Bertz CT molecular complexity index is 890. The van der Waals surface area contributed by atoms with Crippen LogP contribution in [0.2, 0.25) is 0 Å². The number of carboxylic acid groups (broad SMARTS) is 1. The summed E-state index contributed by atoms with van der Waals surface area (Å²) >= 11 is 1.23. The molecule has 1 atom stereocenters. The quantitative estimate of drug-likeness (QED) is 0.466. The van der Waals surface area contributed by atoms with E-state index in [-0.39, 0.29) is 23.3 Å². The van der Waals surface area contributed by atoms with Crippen LogP contribution in [-0.2, 0) is 16.0 Å². The first-order valence-corrected chi connectivity index (χ1v) is 8.62. The third-order valence-electron chi connectivity index (χ3n) is 3.70. The molecule has 25 heavy (non-hydrogen) atoms. The topological polar surface area (TPSA) is 140 Å². The lowest BCUT2D eigenvalue weighted by molar-refractivity contribution is -0.307. The molecule has 0 saturated carbocycles. The molecule has 1 aromatic carbocycles. The molecule has 0 saturated heterocycles. The number of phenolic OH excluding ortho intramolecular Hbond substituents is 2. The number of aryl methyl sites for hydroxylation is 1. The van der Waals surface area contributed by atoms with Gasteiger partial charge in [0.1, 0.15) is 0 Å². The highest BCUT2D eigenvalue weighted by Crippen LogP contribution is 2.34. The van der Waals surface area contributed by atoms with Crippen LogP contribution >= 0.6 is 11.8 Å². The second-order valence-electron chi connectivity index (χ2n) is 5.37. The van der Waals surface area contributed by atoms with E-state index in [9.17, 15) is 29.7 Å². The van der Waals surface area contributed by atoms with Gasteiger partial charge in [-0.3, -0.25) is 4.79 Å². The number of hydrogen-bond donors (Lipinski definition) is 3. The first-order chi connectivity index (χ1) is 11.8. The van der Waals surface area contributed by atoms with Crippen LogP contribution in [0.1, 0.15) is 11.1 Å². The van der Waals surface area contributed by atoms with Crippen LogP contribution in [0.3, 0.4) is 0 Å². The molecule has 0 fully saturated rings. The first-order valence-electron chi connectivity index (χ1n) is 7.22. The van der Waals surface area contributed by atoms with Gasteiger partial charge in [0.2, 0.25) is 11.7 Å². The summed E-state index contributed by atoms with van der Waals surface area (Å²) in [4.78, 5) is 35.2. The van der Waals surface area contributed by atoms with Gasteiger partial charge in [-0.1, -0.05) is 0 Å². The maximum atomic E-state index is 12.1. The SMILES string of the molecule is CSC[C@H](NC(=O)Cc1c(C)c2ccc(O)c(O)c2oc1=O)C(=O)[O-]. The summed E-state index contributed by atoms with van der Waals surface area (Å²) in [5.41, 5.74) is -0.597. The Balaban J connectivity index is 2.35. The zero-order valence-corrected chi connectivity index (χ0v) is 14.3. The van der Waals surface area contributed by atoms with Crippen LogP contribution < -0.4 is 16.0 Å². The molecule has 3 N–H and O–H groups in total. The van der Waals surface area contributed by atoms with Crippen molar-refractivity contribution < 1.29 is 29.3 Å². The monoisotopic (exact) mass is 366 g/mol. The molecule has 8 nitrogen and oxygen atoms in total. The van der Waals surface area contributed by atoms with Crippen LogP contribution in [0, 0.1) is 6.92 Å². The Kier molecular flexibility index (Phi) is 5.58. The standard InChI is InChI=1S/C16H17NO7S/c1-7-8-3-4-11(18)13(20)14(8)24-16(23)9(7)5-12(19)17-10(6-25-2)15(21)22/h3-4,10,18,20H,5-6H2,1-2H3,(H,17,19)(H,21,22)/p-1/t10-/m0/s1. The van der Waals surface area contributed by atoms with E-state index in [0.717, 1.165) is 0 Å². The third-order valence-corrected chi connectivity index (χ3v) is 4.37. The number of rotatable bonds is 6. The largest absolute Gasteiger partial charge is 0.548 e. The number of aliphatic carboxylic acids is 1. The number of hydrogen-bond acceptors (Lipinski definition) is 8. The van der Waals surface area contributed by atoms with Gasteiger partial charge in [-0.15, -0.1) is 0 Å². The summed E-state index contributed by atoms with van der Waals surface area (Å²) in [6, 6.07) is 1.51. The molecule has 0 radical (unpaired) electrons. The number of carbonyl (C=O) groups excluding carboxylic acids is 2. The molecule has 0 aliphatic carbocycles. The number of nitrogens with one attached hydrogen (secondary N) is 1. The lowest BCUT2D eigenvalue weighted by Gasteiger charge is -2.18. The summed E-state index contributed by atoms with van der Waals surface area (Å²) in [7, 11) is 0. The molecule has 0 spiro atoms. The fourth-order valence-electron chi connectivity index (χ4n) is 2.38. The summed E-state index contributed by atoms with van der Waals surface area (Å²) in [6.45, 7) is 1.57. The van der Waals surface area contributed by atoms with E-state index in [0.29, 0.717) is 10.9 Å². The second kappa shape index (κ2) is 7.47. The second-order valence-corrected chi connectivity index (χ2v) is 6.28. The van der Waals surface area contributed by atoms with Gasteiger partial charge < -0.3 is 29.8 Å². The van der Waals surface area contributed by atoms with E-state index in [1.165, 1.54) is 23.9 Å². The zero-order valence-electron chi connectivity index (χ0n) is 13.5.